The molecular weight excluding hydrogens is 459 g/mol. The Hall–Kier alpha value is -3.26. The van der Waals surface area contributed by atoms with Gasteiger partial charge in [0, 0.05) is 63.4 Å². The first-order valence-electron chi connectivity index (χ1n) is 12.5. The third kappa shape index (κ3) is 5.00. The highest BCUT2D eigenvalue weighted by molar-refractivity contribution is 6.10. The fourth-order valence-electron chi connectivity index (χ4n) is 5.35. The smallest absolute Gasteiger partial charge is 0.241 e. The third-order valence-electron chi connectivity index (χ3n) is 7.35. The number of rotatable bonds is 7. The van der Waals surface area contributed by atoms with E-state index in [1.165, 1.54) is 28.2 Å². The van der Waals surface area contributed by atoms with Crippen molar-refractivity contribution < 1.29 is 18.8 Å². The molecule has 2 aromatic rings. The number of carbonyl (C=O) groups excluding carboxylic acids is 3. The molecule has 192 valence electrons. The second-order valence-corrected chi connectivity index (χ2v) is 10.2. The lowest BCUT2D eigenvalue weighted by Gasteiger charge is -2.38. The largest absolute Gasteiger partial charge is 0.368 e. The van der Waals surface area contributed by atoms with Gasteiger partial charge in [0.05, 0.1) is 5.41 Å². The van der Waals surface area contributed by atoms with E-state index in [1.54, 1.807) is 17.0 Å². The van der Waals surface area contributed by atoms with Crippen LogP contribution in [-0.4, -0.2) is 85.8 Å². The second-order valence-electron chi connectivity index (χ2n) is 10.2. The molecule has 7 nitrogen and oxygen atoms in total. The first kappa shape index (κ1) is 25.8. The topological polar surface area (TPSA) is 64.2 Å². The van der Waals surface area contributed by atoms with Gasteiger partial charge in [-0.1, -0.05) is 35.9 Å². The Balaban J connectivity index is 1.54. The van der Waals surface area contributed by atoms with Crippen molar-refractivity contribution in [2.75, 3.05) is 58.3 Å². The number of aryl methyl sites for hydroxylation is 2. The van der Waals surface area contributed by atoms with Crippen LogP contribution < -0.4 is 4.90 Å². The Labute approximate surface area is 212 Å². The van der Waals surface area contributed by atoms with Crippen LogP contribution in [0.4, 0.5) is 10.1 Å². The van der Waals surface area contributed by atoms with Crippen LogP contribution in [-0.2, 0) is 19.8 Å². The second kappa shape index (κ2) is 10.4. The van der Waals surface area contributed by atoms with Crippen molar-refractivity contribution in [1.82, 2.24) is 14.7 Å². The predicted octanol–water partition coefficient (Wildman–Crippen LogP) is 2.74. The maximum Gasteiger partial charge on any atom is 0.241 e. The molecule has 2 aliphatic rings. The molecule has 2 fully saturated rings. The van der Waals surface area contributed by atoms with Crippen LogP contribution in [0.3, 0.4) is 0 Å². The molecule has 2 aliphatic heterocycles. The molecule has 0 saturated carbocycles. The van der Waals surface area contributed by atoms with E-state index in [-0.39, 0.29) is 36.8 Å². The van der Waals surface area contributed by atoms with E-state index in [9.17, 15) is 14.4 Å². The number of halogens is 1. The molecule has 0 aliphatic carbocycles. The van der Waals surface area contributed by atoms with E-state index in [1.807, 2.05) is 19.0 Å². The molecule has 36 heavy (non-hydrogen) atoms. The molecule has 0 N–H and O–H groups in total. The van der Waals surface area contributed by atoms with Crippen LogP contribution in [0.1, 0.15) is 29.5 Å². The number of piperazine rings is 1. The van der Waals surface area contributed by atoms with Gasteiger partial charge in [0.15, 0.2) is 0 Å². The lowest BCUT2D eigenvalue weighted by molar-refractivity contribution is -0.143. The number of carbonyl (C=O) groups is 3. The van der Waals surface area contributed by atoms with Gasteiger partial charge in [0.2, 0.25) is 17.7 Å². The summed E-state index contributed by atoms with van der Waals surface area (Å²) in [6.45, 7) is 7.22. The summed E-state index contributed by atoms with van der Waals surface area (Å²) in [6.07, 6.45) is -0.422. The minimum Gasteiger partial charge on any atom is -0.368 e. The highest BCUT2D eigenvalue weighted by atomic mass is 19.1. The highest BCUT2D eigenvalue weighted by Crippen LogP contribution is 2.41. The molecule has 2 aromatic carbocycles. The number of likely N-dealkylation sites (N-methyl/N-ethyl adjacent to an activating group) is 1. The van der Waals surface area contributed by atoms with E-state index >= 15 is 4.39 Å². The molecule has 2 heterocycles. The maximum atomic E-state index is 15.0. The summed E-state index contributed by atoms with van der Waals surface area (Å²) in [5.41, 5.74) is 2.16. The van der Waals surface area contributed by atoms with Gasteiger partial charge in [0.1, 0.15) is 5.82 Å². The molecule has 0 spiro atoms. The van der Waals surface area contributed by atoms with Gasteiger partial charge in [-0.15, -0.1) is 0 Å². The van der Waals surface area contributed by atoms with Crippen molar-refractivity contribution in [1.29, 1.82) is 0 Å². The van der Waals surface area contributed by atoms with Crippen molar-refractivity contribution in [3.63, 3.8) is 0 Å². The van der Waals surface area contributed by atoms with E-state index in [2.05, 4.69) is 36.9 Å². The van der Waals surface area contributed by atoms with Crippen molar-refractivity contribution in [2.45, 2.75) is 32.1 Å². The van der Waals surface area contributed by atoms with Gasteiger partial charge >= 0.3 is 0 Å². The van der Waals surface area contributed by atoms with Crippen LogP contribution in [0.2, 0.25) is 0 Å². The highest BCUT2D eigenvalue weighted by Gasteiger charge is 2.55. The standard InChI is InChI=1S/C28H35FN4O3/c1-20-9-10-24(21(2)17-20)31-12-14-32(15-13-31)25(34)18-28(22-7-5-6-8-23(22)29)19-26(35)33(27(28)36)16-11-30(3)4/h5-10,17H,11-16,18-19H2,1-4H3/t28-/m1/s1. The molecule has 1 atom stereocenters. The van der Waals surface area contributed by atoms with E-state index in [4.69, 9.17) is 0 Å². The van der Waals surface area contributed by atoms with Crippen molar-refractivity contribution in [2.24, 2.45) is 0 Å². The van der Waals surface area contributed by atoms with Gasteiger partial charge < -0.3 is 14.7 Å². The number of hydrogen-bond donors (Lipinski definition) is 0. The lowest BCUT2D eigenvalue weighted by atomic mass is 9.75. The predicted molar refractivity (Wildman–Crippen MR) is 137 cm³/mol. The number of amides is 3. The van der Waals surface area contributed by atoms with Gasteiger partial charge in [-0.05, 0) is 45.6 Å². The first-order valence-corrected chi connectivity index (χ1v) is 12.5. The molecule has 2 saturated heterocycles. The Morgan fingerprint density at radius 2 is 1.72 bits per heavy atom. The minimum atomic E-state index is -1.52. The monoisotopic (exact) mass is 494 g/mol. The zero-order valence-electron chi connectivity index (χ0n) is 21.6. The SMILES string of the molecule is Cc1ccc(N2CCN(C(=O)C[C@]3(c4ccccc4F)CC(=O)N(CCN(C)C)C3=O)CC2)c(C)c1. The summed E-state index contributed by atoms with van der Waals surface area (Å²) in [7, 11) is 3.72. The molecule has 3 amide bonds. The van der Waals surface area contributed by atoms with Crippen LogP contribution in [0, 0.1) is 19.7 Å². The minimum absolute atomic E-state index is 0.123. The number of benzene rings is 2. The van der Waals surface area contributed by atoms with Crippen LogP contribution in [0.5, 0.6) is 0 Å². The van der Waals surface area contributed by atoms with E-state index in [0.717, 1.165) is 5.69 Å². The first-order chi connectivity index (χ1) is 17.1. The molecule has 0 bridgehead atoms. The molecule has 4 rings (SSSR count). The normalized spacial score (nSPS) is 20.6. The zero-order chi connectivity index (χ0) is 26.0. The van der Waals surface area contributed by atoms with Crippen molar-refractivity contribution in [3.8, 4) is 0 Å². The van der Waals surface area contributed by atoms with Crippen LogP contribution in [0.25, 0.3) is 0 Å². The number of nitrogens with zero attached hydrogens (tertiary/aromatic N) is 4. The van der Waals surface area contributed by atoms with E-state index < -0.39 is 17.1 Å². The van der Waals surface area contributed by atoms with Crippen molar-refractivity contribution in [3.05, 3.63) is 65.0 Å². The molecule has 0 aromatic heterocycles. The zero-order valence-corrected chi connectivity index (χ0v) is 21.6. The number of hydrogen-bond acceptors (Lipinski definition) is 5. The number of imide groups is 1. The fourth-order valence-corrected chi connectivity index (χ4v) is 5.35. The Morgan fingerprint density at radius 3 is 2.36 bits per heavy atom. The third-order valence-corrected chi connectivity index (χ3v) is 7.35. The van der Waals surface area contributed by atoms with Gasteiger partial charge in [-0.25, -0.2) is 4.39 Å². The average molecular weight is 495 g/mol. The summed E-state index contributed by atoms with van der Waals surface area (Å²) >= 11 is 0. The van der Waals surface area contributed by atoms with Crippen molar-refractivity contribution >= 4 is 23.4 Å². The summed E-state index contributed by atoms with van der Waals surface area (Å²) in [5, 5.41) is 0. The van der Waals surface area contributed by atoms with Gasteiger partial charge in [-0.3, -0.25) is 19.3 Å². The Kier molecular flexibility index (Phi) is 7.45. The number of likely N-dealkylation sites (tertiary alicyclic amines) is 1. The molecular formula is C28H35FN4O3. The van der Waals surface area contributed by atoms with Crippen LogP contribution >= 0.6 is 0 Å². The maximum absolute atomic E-state index is 15.0. The van der Waals surface area contributed by atoms with Gasteiger partial charge in [0.25, 0.3) is 0 Å². The average Bonchev–Trinajstić information content (AvgIpc) is 3.07. The van der Waals surface area contributed by atoms with E-state index in [0.29, 0.717) is 32.7 Å². The van der Waals surface area contributed by atoms with Crippen LogP contribution in [0.15, 0.2) is 42.5 Å². The molecule has 0 radical (unpaired) electrons. The lowest BCUT2D eigenvalue weighted by Crippen LogP contribution is -2.51. The quantitative estimate of drug-likeness (QED) is 0.554. The van der Waals surface area contributed by atoms with Gasteiger partial charge in [-0.2, -0.15) is 0 Å². The summed E-state index contributed by atoms with van der Waals surface area (Å²) < 4.78 is 15.0. The number of anilines is 1. The fraction of sp³-hybridized carbons (Fsp3) is 0.464. The Bertz CT molecular complexity index is 1160. The summed E-state index contributed by atoms with van der Waals surface area (Å²) in [4.78, 5) is 47.2. The molecule has 0 unspecified atom stereocenters. The Morgan fingerprint density at radius 1 is 1.03 bits per heavy atom. The molecule has 8 heteroatoms. The summed E-state index contributed by atoms with van der Waals surface area (Å²) in [6, 6.07) is 12.4. The summed E-state index contributed by atoms with van der Waals surface area (Å²) in [5.74, 6) is -1.64.